The average molecular weight is 461 g/mol. The van der Waals surface area contributed by atoms with E-state index in [1.807, 2.05) is 39.0 Å². The molecule has 0 unspecified atom stereocenters. The third kappa shape index (κ3) is 5.61. The Morgan fingerprint density at radius 2 is 1.78 bits per heavy atom. The molecule has 3 rings (SSSR count). The SMILES string of the molecule is CCOc1ccc([C@H](C)NC(=O)[C@H]2CCCN(S(=O)(=O)c3ccccc3)C2)cc1OCC. The van der Waals surface area contributed by atoms with Gasteiger partial charge in [-0.15, -0.1) is 0 Å². The summed E-state index contributed by atoms with van der Waals surface area (Å²) in [7, 11) is -3.61. The molecule has 2 atom stereocenters. The molecule has 0 aliphatic carbocycles. The van der Waals surface area contributed by atoms with E-state index in [0.717, 1.165) is 5.56 Å². The van der Waals surface area contributed by atoms with Crippen molar-refractivity contribution in [3.05, 3.63) is 54.1 Å². The van der Waals surface area contributed by atoms with Gasteiger partial charge in [-0.05, 0) is 63.4 Å². The Morgan fingerprint density at radius 3 is 2.47 bits per heavy atom. The minimum absolute atomic E-state index is 0.141. The molecular weight excluding hydrogens is 428 g/mol. The zero-order valence-electron chi connectivity index (χ0n) is 18.9. The first-order valence-corrected chi connectivity index (χ1v) is 12.6. The molecule has 32 heavy (non-hydrogen) atoms. The van der Waals surface area contributed by atoms with Crippen molar-refractivity contribution in [1.29, 1.82) is 0 Å². The Labute approximate surface area is 190 Å². The van der Waals surface area contributed by atoms with Crippen molar-refractivity contribution in [2.24, 2.45) is 5.92 Å². The van der Waals surface area contributed by atoms with Crippen molar-refractivity contribution in [3.63, 3.8) is 0 Å². The molecule has 2 aromatic rings. The van der Waals surface area contributed by atoms with E-state index < -0.39 is 15.9 Å². The second-order valence-corrected chi connectivity index (χ2v) is 9.76. The lowest BCUT2D eigenvalue weighted by Gasteiger charge is -2.32. The summed E-state index contributed by atoms with van der Waals surface area (Å²) in [6.07, 6.45) is 1.31. The molecule has 0 aromatic heterocycles. The van der Waals surface area contributed by atoms with Crippen molar-refractivity contribution in [2.45, 2.75) is 44.6 Å². The Bertz CT molecular complexity index is 1010. The monoisotopic (exact) mass is 460 g/mol. The molecule has 2 aromatic carbocycles. The summed E-state index contributed by atoms with van der Waals surface area (Å²) in [5, 5.41) is 3.04. The lowest BCUT2D eigenvalue weighted by Crippen LogP contribution is -2.45. The molecule has 7 nitrogen and oxygen atoms in total. The fourth-order valence-corrected chi connectivity index (χ4v) is 5.41. The maximum Gasteiger partial charge on any atom is 0.243 e. The van der Waals surface area contributed by atoms with Crippen LogP contribution in [0.5, 0.6) is 11.5 Å². The van der Waals surface area contributed by atoms with Crippen molar-refractivity contribution in [3.8, 4) is 11.5 Å². The van der Waals surface area contributed by atoms with Crippen LogP contribution in [-0.4, -0.2) is 44.9 Å². The fraction of sp³-hybridized carbons (Fsp3) is 0.458. The molecule has 0 spiro atoms. The lowest BCUT2D eigenvalue weighted by atomic mass is 9.98. The minimum Gasteiger partial charge on any atom is -0.490 e. The number of carbonyl (C=O) groups excluding carboxylic acids is 1. The number of ether oxygens (including phenoxy) is 2. The highest BCUT2D eigenvalue weighted by Gasteiger charge is 2.33. The Balaban J connectivity index is 1.68. The molecule has 8 heteroatoms. The van der Waals surface area contributed by atoms with Gasteiger partial charge >= 0.3 is 0 Å². The van der Waals surface area contributed by atoms with Gasteiger partial charge < -0.3 is 14.8 Å². The number of sulfonamides is 1. The van der Waals surface area contributed by atoms with Crippen LogP contribution in [0.1, 0.15) is 45.2 Å². The summed E-state index contributed by atoms with van der Waals surface area (Å²) in [4.78, 5) is 13.2. The Hall–Kier alpha value is -2.58. The van der Waals surface area contributed by atoms with Gasteiger partial charge in [0.15, 0.2) is 11.5 Å². The lowest BCUT2D eigenvalue weighted by molar-refractivity contribution is -0.126. The van der Waals surface area contributed by atoms with E-state index in [2.05, 4.69) is 5.32 Å². The summed E-state index contributed by atoms with van der Waals surface area (Å²) in [5.74, 6) is 0.785. The van der Waals surface area contributed by atoms with Gasteiger partial charge in [-0.2, -0.15) is 4.31 Å². The van der Waals surface area contributed by atoms with Gasteiger partial charge in [0.1, 0.15) is 0 Å². The first kappa shape index (κ1) is 24.1. The van der Waals surface area contributed by atoms with Crippen LogP contribution >= 0.6 is 0 Å². The van der Waals surface area contributed by atoms with Crippen LogP contribution in [-0.2, 0) is 14.8 Å². The molecule has 1 heterocycles. The molecule has 1 aliphatic heterocycles. The highest BCUT2D eigenvalue weighted by atomic mass is 32.2. The molecule has 1 aliphatic rings. The smallest absolute Gasteiger partial charge is 0.243 e. The maximum absolute atomic E-state index is 13.0. The summed E-state index contributed by atoms with van der Waals surface area (Å²) in [5.41, 5.74) is 0.898. The largest absolute Gasteiger partial charge is 0.490 e. The van der Waals surface area contributed by atoms with Crippen molar-refractivity contribution in [2.75, 3.05) is 26.3 Å². The number of hydrogen-bond acceptors (Lipinski definition) is 5. The summed E-state index contributed by atoms with van der Waals surface area (Å²) >= 11 is 0. The molecule has 1 saturated heterocycles. The molecule has 0 radical (unpaired) electrons. The molecule has 1 amide bonds. The number of hydrogen-bond donors (Lipinski definition) is 1. The second kappa shape index (κ2) is 10.8. The van der Waals surface area contributed by atoms with Crippen LogP contribution in [0.3, 0.4) is 0 Å². The zero-order chi connectivity index (χ0) is 23.1. The molecule has 1 fully saturated rings. The molecule has 0 saturated carbocycles. The third-order valence-corrected chi connectivity index (χ3v) is 7.44. The van der Waals surface area contributed by atoms with Crippen molar-refractivity contribution >= 4 is 15.9 Å². The minimum atomic E-state index is -3.61. The van der Waals surface area contributed by atoms with Gasteiger partial charge in [-0.25, -0.2) is 8.42 Å². The van der Waals surface area contributed by atoms with E-state index in [9.17, 15) is 13.2 Å². The maximum atomic E-state index is 13.0. The summed E-state index contributed by atoms with van der Waals surface area (Å²) < 4.78 is 38.6. The van der Waals surface area contributed by atoms with E-state index in [0.29, 0.717) is 44.1 Å². The van der Waals surface area contributed by atoms with Crippen LogP contribution in [0.25, 0.3) is 0 Å². The highest BCUT2D eigenvalue weighted by Crippen LogP contribution is 2.31. The average Bonchev–Trinajstić information content (AvgIpc) is 2.81. The van der Waals surface area contributed by atoms with Crippen LogP contribution in [0, 0.1) is 5.92 Å². The van der Waals surface area contributed by atoms with Crippen LogP contribution < -0.4 is 14.8 Å². The van der Waals surface area contributed by atoms with Crippen molar-refractivity contribution in [1.82, 2.24) is 9.62 Å². The van der Waals surface area contributed by atoms with Gasteiger partial charge in [0.05, 0.1) is 30.1 Å². The highest BCUT2D eigenvalue weighted by molar-refractivity contribution is 7.89. The van der Waals surface area contributed by atoms with E-state index >= 15 is 0 Å². The molecule has 174 valence electrons. The number of nitrogens with one attached hydrogen (secondary N) is 1. The Morgan fingerprint density at radius 1 is 1.09 bits per heavy atom. The normalized spacial score (nSPS) is 18.0. The van der Waals surface area contributed by atoms with Crippen LogP contribution in [0.4, 0.5) is 0 Å². The quantitative estimate of drug-likeness (QED) is 0.616. The molecule has 0 bridgehead atoms. The first-order chi connectivity index (χ1) is 15.4. The molecular formula is C24H32N2O5S. The number of benzene rings is 2. The van der Waals surface area contributed by atoms with Crippen LogP contribution in [0.15, 0.2) is 53.4 Å². The zero-order valence-corrected chi connectivity index (χ0v) is 19.7. The number of rotatable bonds is 9. The third-order valence-electron chi connectivity index (χ3n) is 5.56. The second-order valence-electron chi connectivity index (χ2n) is 7.82. The van der Waals surface area contributed by atoms with Gasteiger partial charge in [0.25, 0.3) is 0 Å². The molecule has 1 N–H and O–H groups in total. The van der Waals surface area contributed by atoms with E-state index in [4.69, 9.17) is 9.47 Å². The first-order valence-electron chi connectivity index (χ1n) is 11.1. The summed E-state index contributed by atoms with van der Waals surface area (Å²) in [6.45, 7) is 7.39. The van der Waals surface area contributed by atoms with Crippen molar-refractivity contribution < 1.29 is 22.7 Å². The van der Waals surface area contributed by atoms with Gasteiger partial charge in [0, 0.05) is 13.1 Å². The predicted octanol–water partition coefficient (Wildman–Crippen LogP) is 3.76. The van der Waals surface area contributed by atoms with E-state index in [1.54, 1.807) is 30.3 Å². The van der Waals surface area contributed by atoms with Gasteiger partial charge in [-0.3, -0.25) is 4.79 Å². The fourth-order valence-electron chi connectivity index (χ4n) is 3.87. The van der Waals surface area contributed by atoms with Crippen LogP contribution in [0.2, 0.25) is 0 Å². The number of amides is 1. The topological polar surface area (TPSA) is 84.9 Å². The van der Waals surface area contributed by atoms with E-state index in [1.165, 1.54) is 4.31 Å². The Kier molecular flexibility index (Phi) is 8.15. The van der Waals surface area contributed by atoms with Gasteiger partial charge in [0.2, 0.25) is 15.9 Å². The predicted molar refractivity (Wildman–Crippen MR) is 123 cm³/mol. The summed E-state index contributed by atoms with van der Waals surface area (Å²) in [6, 6.07) is 13.8. The standard InChI is InChI=1S/C24H32N2O5S/c1-4-30-22-14-13-19(16-23(22)31-5-2)18(3)25-24(27)20-10-9-15-26(17-20)32(28,29)21-11-7-6-8-12-21/h6-8,11-14,16,18,20H,4-5,9-10,15,17H2,1-3H3,(H,25,27)/t18-,20-/m0/s1. The number of nitrogens with zero attached hydrogens (tertiary/aromatic N) is 1. The van der Waals surface area contributed by atoms with Gasteiger partial charge in [-0.1, -0.05) is 24.3 Å². The van der Waals surface area contributed by atoms with E-state index in [-0.39, 0.29) is 23.4 Å². The number of piperidine rings is 1. The number of carbonyl (C=O) groups is 1.